The van der Waals surface area contributed by atoms with Gasteiger partial charge in [-0.2, -0.15) is 0 Å². The first-order valence-electron chi connectivity index (χ1n) is 8.73. The predicted octanol–water partition coefficient (Wildman–Crippen LogP) is 1.47. The van der Waals surface area contributed by atoms with Gasteiger partial charge in [0.25, 0.3) is 0 Å². The predicted molar refractivity (Wildman–Crippen MR) is 101 cm³/mol. The van der Waals surface area contributed by atoms with Crippen molar-refractivity contribution in [2.45, 2.75) is 13.1 Å². The monoisotopic (exact) mass is 399 g/mol. The van der Waals surface area contributed by atoms with Gasteiger partial charge in [0, 0.05) is 18.8 Å². The summed E-state index contributed by atoms with van der Waals surface area (Å²) in [4.78, 5) is 38.6. The van der Waals surface area contributed by atoms with Gasteiger partial charge in [0.1, 0.15) is 18.2 Å². The molecule has 2 aromatic carbocycles. The molecule has 10 heteroatoms. The van der Waals surface area contributed by atoms with Gasteiger partial charge in [-0.05, 0) is 36.4 Å². The molecule has 29 heavy (non-hydrogen) atoms. The minimum Gasteiger partial charge on any atom is -0.322 e. The molecule has 1 aliphatic heterocycles. The van der Waals surface area contributed by atoms with Crippen LogP contribution in [0, 0.1) is 11.6 Å². The lowest BCUT2D eigenvalue weighted by Crippen LogP contribution is -2.44. The van der Waals surface area contributed by atoms with E-state index < -0.39 is 35.2 Å². The molecule has 0 bridgehead atoms. The topological polar surface area (TPSA) is 89.2 Å². The van der Waals surface area contributed by atoms with Crippen LogP contribution in [0.5, 0.6) is 0 Å². The SMILES string of the molecule is O=C(Cn1nc2n(c(=O)c1=O)CCN2c1ccc(F)cc1)Nc1ccccc1F. The summed E-state index contributed by atoms with van der Waals surface area (Å²) in [5, 5.41) is 6.49. The van der Waals surface area contributed by atoms with Gasteiger partial charge in [-0.25, -0.2) is 13.5 Å². The number of halogens is 2. The van der Waals surface area contributed by atoms with Gasteiger partial charge in [-0.3, -0.25) is 19.0 Å². The first-order valence-corrected chi connectivity index (χ1v) is 8.73. The van der Waals surface area contributed by atoms with Crippen molar-refractivity contribution in [2.24, 2.45) is 0 Å². The molecule has 0 unspecified atom stereocenters. The molecule has 0 aliphatic carbocycles. The molecule has 2 heterocycles. The normalized spacial score (nSPS) is 12.7. The molecular formula is C19H15F2N5O3. The second-order valence-electron chi connectivity index (χ2n) is 6.38. The second kappa shape index (κ2) is 7.30. The van der Waals surface area contributed by atoms with E-state index in [1.54, 1.807) is 11.0 Å². The molecule has 0 saturated heterocycles. The summed E-state index contributed by atoms with van der Waals surface area (Å²) in [6.07, 6.45) is 0. The summed E-state index contributed by atoms with van der Waals surface area (Å²) in [6.45, 7) is 0.0301. The summed E-state index contributed by atoms with van der Waals surface area (Å²) >= 11 is 0. The zero-order valence-corrected chi connectivity index (χ0v) is 15.0. The molecule has 8 nitrogen and oxygen atoms in total. The molecule has 1 aromatic heterocycles. The van der Waals surface area contributed by atoms with Crippen LogP contribution in [0.3, 0.4) is 0 Å². The summed E-state index contributed by atoms with van der Waals surface area (Å²) < 4.78 is 28.8. The van der Waals surface area contributed by atoms with E-state index in [1.807, 2.05) is 0 Å². The number of hydrogen-bond donors (Lipinski definition) is 1. The lowest BCUT2D eigenvalue weighted by molar-refractivity contribution is -0.117. The first kappa shape index (κ1) is 18.5. The highest BCUT2D eigenvalue weighted by Crippen LogP contribution is 2.26. The molecule has 0 saturated carbocycles. The quantitative estimate of drug-likeness (QED) is 0.672. The van der Waals surface area contributed by atoms with Crippen LogP contribution in [0.15, 0.2) is 58.1 Å². The Labute approximate surface area is 162 Å². The summed E-state index contributed by atoms with van der Waals surface area (Å²) in [7, 11) is 0. The van der Waals surface area contributed by atoms with Crippen LogP contribution in [0.4, 0.5) is 26.1 Å². The van der Waals surface area contributed by atoms with Crippen molar-refractivity contribution in [2.75, 3.05) is 16.8 Å². The number of nitrogens with zero attached hydrogens (tertiary/aromatic N) is 4. The van der Waals surface area contributed by atoms with E-state index in [4.69, 9.17) is 0 Å². The third-order valence-corrected chi connectivity index (χ3v) is 4.48. The van der Waals surface area contributed by atoms with Crippen LogP contribution < -0.4 is 21.3 Å². The Bertz CT molecular complexity index is 1200. The fourth-order valence-corrected chi connectivity index (χ4v) is 3.09. The number of hydrogen-bond acceptors (Lipinski definition) is 5. The molecule has 4 rings (SSSR count). The molecule has 0 atom stereocenters. The smallest absolute Gasteiger partial charge is 0.322 e. The van der Waals surface area contributed by atoms with Crippen LogP contribution in [0.25, 0.3) is 0 Å². The number of anilines is 3. The zero-order valence-electron chi connectivity index (χ0n) is 15.0. The lowest BCUT2D eigenvalue weighted by Gasteiger charge is -2.17. The summed E-state index contributed by atoms with van der Waals surface area (Å²) in [5.41, 5.74) is -1.24. The largest absolute Gasteiger partial charge is 0.333 e. The highest BCUT2D eigenvalue weighted by Gasteiger charge is 2.26. The fraction of sp³-hybridized carbons (Fsp3) is 0.158. The van der Waals surface area contributed by atoms with E-state index in [-0.39, 0.29) is 18.2 Å². The third-order valence-electron chi connectivity index (χ3n) is 4.48. The van der Waals surface area contributed by atoms with Gasteiger partial charge < -0.3 is 10.2 Å². The first-order chi connectivity index (χ1) is 13.9. The minimum absolute atomic E-state index is 0.0450. The van der Waals surface area contributed by atoms with Crippen molar-refractivity contribution in [3.63, 3.8) is 0 Å². The number of para-hydroxylation sites is 1. The number of nitrogens with one attached hydrogen (secondary N) is 1. The Hall–Kier alpha value is -3.82. The number of carbonyl (C=O) groups excluding carboxylic acids is 1. The van der Waals surface area contributed by atoms with Gasteiger partial charge in [0.05, 0.1) is 5.69 Å². The number of carbonyl (C=O) groups is 1. The molecule has 1 aliphatic rings. The number of rotatable bonds is 4. The molecule has 3 aromatic rings. The highest BCUT2D eigenvalue weighted by atomic mass is 19.1. The Morgan fingerprint density at radius 1 is 1.00 bits per heavy atom. The Balaban J connectivity index is 1.65. The van der Waals surface area contributed by atoms with E-state index in [1.165, 1.54) is 47.0 Å². The maximum Gasteiger partial charge on any atom is 0.333 e. The molecule has 0 spiro atoms. The number of benzene rings is 2. The fourth-order valence-electron chi connectivity index (χ4n) is 3.09. The van der Waals surface area contributed by atoms with Crippen molar-refractivity contribution < 1.29 is 13.6 Å². The highest BCUT2D eigenvalue weighted by molar-refractivity contribution is 5.90. The number of aromatic nitrogens is 3. The maximum atomic E-state index is 13.7. The van der Waals surface area contributed by atoms with E-state index in [9.17, 15) is 23.2 Å². The zero-order chi connectivity index (χ0) is 20.5. The molecular weight excluding hydrogens is 384 g/mol. The van der Waals surface area contributed by atoms with Crippen LogP contribution in [-0.2, 0) is 17.9 Å². The van der Waals surface area contributed by atoms with Crippen molar-refractivity contribution >= 4 is 23.2 Å². The summed E-state index contributed by atoms with van der Waals surface area (Å²) in [6, 6.07) is 11.2. The second-order valence-corrected chi connectivity index (χ2v) is 6.38. The van der Waals surface area contributed by atoms with Crippen molar-refractivity contribution in [1.29, 1.82) is 0 Å². The van der Waals surface area contributed by atoms with Gasteiger partial charge in [-0.15, -0.1) is 5.10 Å². The number of fused-ring (bicyclic) bond motifs is 1. The van der Waals surface area contributed by atoms with Crippen LogP contribution in [0.2, 0.25) is 0 Å². The molecule has 1 N–H and O–H groups in total. The van der Waals surface area contributed by atoms with Crippen molar-refractivity contribution in [3.8, 4) is 0 Å². The minimum atomic E-state index is -0.960. The average Bonchev–Trinajstić information content (AvgIpc) is 3.12. The third kappa shape index (κ3) is 3.51. The standard InChI is InChI=1S/C19H15F2N5O3/c20-12-5-7-13(8-6-12)24-9-10-25-17(28)18(29)26(23-19(24)25)11-16(27)22-15-4-2-1-3-14(15)21/h1-8H,9-11H2,(H,22,27). The molecule has 1 amide bonds. The van der Waals surface area contributed by atoms with E-state index in [0.29, 0.717) is 12.2 Å². The van der Waals surface area contributed by atoms with Gasteiger partial charge in [0.15, 0.2) is 0 Å². The van der Waals surface area contributed by atoms with Crippen molar-refractivity contribution in [3.05, 3.63) is 80.9 Å². The van der Waals surface area contributed by atoms with Crippen LogP contribution >= 0.6 is 0 Å². The van der Waals surface area contributed by atoms with E-state index >= 15 is 0 Å². The molecule has 0 fully saturated rings. The average molecular weight is 399 g/mol. The molecule has 0 radical (unpaired) electrons. The van der Waals surface area contributed by atoms with Gasteiger partial charge in [0.2, 0.25) is 11.9 Å². The Morgan fingerprint density at radius 3 is 2.45 bits per heavy atom. The van der Waals surface area contributed by atoms with E-state index in [0.717, 1.165) is 4.68 Å². The van der Waals surface area contributed by atoms with Crippen LogP contribution in [0.1, 0.15) is 0 Å². The molecule has 148 valence electrons. The summed E-state index contributed by atoms with van der Waals surface area (Å²) in [5.74, 6) is -1.58. The van der Waals surface area contributed by atoms with E-state index in [2.05, 4.69) is 10.4 Å². The maximum absolute atomic E-state index is 13.7. The van der Waals surface area contributed by atoms with Crippen LogP contribution in [-0.4, -0.2) is 26.8 Å². The Morgan fingerprint density at radius 2 is 1.72 bits per heavy atom. The number of amides is 1. The van der Waals surface area contributed by atoms with Gasteiger partial charge in [-0.1, -0.05) is 12.1 Å². The Kier molecular flexibility index (Phi) is 4.67. The van der Waals surface area contributed by atoms with Gasteiger partial charge >= 0.3 is 11.1 Å². The lowest BCUT2D eigenvalue weighted by atomic mass is 10.3. The van der Waals surface area contributed by atoms with Crippen molar-refractivity contribution in [1.82, 2.24) is 14.3 Å².